The number of benzene rings is 3. The van der Waals surface area contributed by atoms with Crippen LogP contribution in [0, 0.1) is 0 Å². The maximum atomic E-state index is 12.4. The van der Waals surface area contributed by atoms with Crippen molar-refractivity contribution in [1.82, 2.24) is 10.7 Å². The van der Waals surface area contributed by atoms with Gasteiger partial charge >= 0.3 is 17.8 Å². The van der Waals surface area contributed by atoms with Crippen LogP contribution in [0.15, 0.2) is 84.0 Å². The summed E-state index contributed by atoms with van der Waals surface area (Å²) in [4.78, 5) is 36.5. The number of carbonyl (C=O) groups excluding carboxylic acids is 3. The second-order valence-corrected chi connectivity index (χ2v) is 7.14. The van der Waals surface area contributed by atoms with E-state index in [1.54, 1.807) is 49.4 Å². The lowest BCUT2D eigenvalue weighted by atomic mass is 10.1. The lowest BCUT2D eigenvalue weighted by Crippen LogP contribution is -2.37. The summed E-state index contributed by atoms with van der Waals surface area (Å²) < 4.78 is 5.48. The number of hydrazone groups is 1. The molecule has 2 amide bonds. The summed E-state index contributed by atoms with van der Waals surface area (Å²) in [6.07, 6.45) is 0. The van der Waals surface area contributed by atoms with Gasteiger partial charge in [0.1, 0.15) is 5.75 Å². The largest absolute Gasteiger partial charge is 0.422 e. The van der Waals surface area contributed by atoms with Crippen molar-refractivity contribution in [3.63, 3.8) is 0 Å². The molecule has 162 valence electrons. The Hall–Kier alpha value is -3.97. The van der Waals surface area contributed by atoms with E-state index in [4.69, 9.17) is 16.3 Å². The number of nitrogens with one attached hydrogen (secondary N) is 2. The lowest BCUT2D eigenvalue weighted by molar-refractivity contribution is -0.139. The molecule has 0 aliphatic rings. The van der Waals surface area contributed by atoms with Gasteiger partial charge in [-0.3, -0.25) is 9.59 Å². The highest BCUT2D eigenvalue weighted by Crippen LogP contribution is 2.21. The molecule has 3 rings (SSSR count). The molecule has 0 atom stereocenters. The summed E-state index contributed by atoms with van der Waals surface area (Å²) in [7, 11) is 0. The average molecular weight is 450 g/mol. The predicted octanol–water partition coefficient (Wildman–Crippen LogP) is 3.72. The first-order chi connectivity index (χ1) is 15.4. The van der Waals surface area contributed by atoms with Crippen molar-refractivity contribution in [2.45, 2.75) is 13.5 Å². The van der Waals surface area contributed by atoms with Crippen LogP contribution in [0.25, 0.3) is 0 Å². The Morgan fingerprint density at radius 3 is 2.38 bits per heavy atom. The third-order valence-corrected chi connectivity index (χ3v) is 4.60. The number of halogens is 1. The van der Waals surface area contributed by atoms with E-state index in [9.17, 15) is 14.4 Å². The van der Waals surface area contributed by atoms with E-state index in [-0.39, 0.29) is 12.3 Å². The molecule has 0 aliphatic heterocycles. The summed E-state index contributed by atoms with van der Waals surface area (Å²) in [5.74, 6) is -2.06. The summed E-state index contributed by atoms with van der Waals surface area (Å²) in [6.45, 7) is 1.84. The van der Waals surface area contributed by atoms with Crippen LogP contribution in [-0.2, 0) is 16.1 Å². The molecule has 3 aromatic carbocycles. The third-order valence-electron chi connectivity index (χ3n) is 4.37. The number of nitrogens with zero attached hydrogens (tertiary/aromatic N) is 1. The normalized spacial score (nSPS) is 10.9. The van der Waals surface area contributed by atoms with Gasteiger partial charge in [0.25, 0.3) is 0 Å². The van der Waals surface area contributed by atoms with Crippen molar-refractivity contribution < 1.29 is 19.1 Å². The minimum atomic E-state index is -0.909. The highest BCUT2D eigenvalue weighted by Gasteiger charge is 2.15. The Bertz CT molecular complexity index is 1160. The second-order valence-electron chi connectivity index (χ2n) is 6.70. The number of amides is 2. The molecule has 0 saturated heterocycles. The Balaban J connectivity index is 1.64. The van der Waals surface area contributed by atoms with Crippen LogP contribution in [0.1, 0.15) is 28.4 Å². The van der Waals surface area contributed by atoms with Crippen LogP contribution in [0.3, 0.4) is 0 Å². The van der Waals surface area contributed by atoms with E-state index >= 15 is 0 Å². The summed E-state index contributed by atoms with van der Waals surface area (Å²) >= 11 is 5.93. The highest BCUT2D eigenvalue weighted by atomic mass is 35.5. The first kappa shape index (κ1) is 22.7. The summed E-state index contributed by atoms with van der Waals surface area (Å²) in [5.41, 5.74) is 4.21. The quantitative estimate of drug-likeness (QED) is 0.197. The molecule has 0 bridgehead atoms. The molecule has 0 aliphatic carbocycles. The molecule has 0 radical (unpaired) electrons. The van der Waals surface area contributed by atoms with E-state index in [2.05, 4.69) is 15.8 Å². The molecule has 0 aromatic heterocycles. The predicted molar refractivity (Wildman–Crippen MR) is 121 cm³/mol. The molecule has 7 nitrogen and oxygen atoms in total. The monoisotopic (exact) mass is 449 g/mol. The topological polar surface area (TPSA) is 96.9 Å². The zero-order chi connectivity index (χ0) is 22.9. The van der Waals surface area contributed by atoms with Crippen LogP contribution in [0.4, 0.5) is 0 Å². The zero-order valence-corrected chi connectivity index (χ0v) is 17.9. The standard InChI is InChI=1S/C24H20ClN3O4/c1-16(27-28-23(30)22(29)26-15-17-8-3-2-4-9-17)20-12-5-6-13-21(20)32-24(31)18-10-7-11-19(25)14-18/h2-14H,15H2,1H3,(H,26,29)(H,28,30). The van der Waals surface area contributed by atoms with Crippen molar-refractivity contribution in [1.29, 1.82) is 0 Å². The zero-order valence-electron chi connectivity index (χ0n) is 17.2. The first-order valence-electron chi connectivity index (χ1n) is 9.67. The van der Waals surface area contributed by atoms with E-state index in [1.165, 1.54) is 6.07 Å². The van der Waals surface area contributed by atoms with E-state index in [0.717, 1.165) is 5.56 Å². The van der Waals surface area contributed by atoms with Gasteiger partial charge in [-0.2, -0.15) is 5.10 Å². The maximum absolute atomic E-state index is 12.4. The molecule has 0 spiro atoms. The van der Waals surface area contributed by atoms with Crippen LogP contribution in [0.2, 0.25) is 5.02 Å². The molecular formula is C24H20ClN3O4. The van der Waals surface area contributed by atoms with Crippen LogP contribution in [0.5, 0.6) is 5.75 Å². The van der Waals surface area contributed by atoms with Gasteiger partial charge in [0.2, 0.25) is 0 Å². The molecular weight excluding hydrogens is 430 g/mol. The molecule has 0 saturated carbocycles. The molecule has 3 aromatic rings. The van der Waals surface area contributed by atoms with E-state index < -0.39 is 17.8 Å². The molecule has 0 fully saturated rings. The molecule has 0 heterocycles. The minimum Gasteiger partial charge on any atom is -0.422 e. The fraction of sp³-hybridized carbons (Fsp3) is 0.0833. The van der Waals surface area contributed by atoms with Gasteiger partial charge in [0.05, 0.1) is 11.3 Å². The highest BCUT2D eigenvalue weighted by molar-refractivity contribution is 6.35. The summed E-state index contributed by atoms with van der Waals surface area (Å²) in [5, 5.41) is 6.91. The molecule has 2 N–H and O–H groups in total. The average Bonchev–Trinajstić information content (AvgIpc) is 2.81. The number of hydrogen-bond acceptors (Lipinski definition) is 5. The Morgan fingerprint density at radius 1 is 0.906 bits per heavy atom. The van der Waals surface area contributed by atoms with Crippen molar-refractivity contribution in [3.8, 4) is 5.75 Å². The molecule has 0 unspecified atom stereocenters. The smallest absolute Gasteiger partial charge is 0.343 e. The molecule has 32 heavy (non-hydrogen) atoms. The minimum absolute atomic E-state index is 0.220. The fourth-order valence-corrected chi connectivity index (χ4v) is 2.92. The number of ether oxygens (including phenoxy) is 1. The number of esters is 1. The van der Waals surface area contributed by atoms with Crippen molar-refractivity contribution in [3.05, 3.63) is 101 Å². The van der Waals surface area contributed by atoms with Gasteiger partial charge in [0.15, 0.2) is 0 Å². The molecule has 8 heteroatoms. The second kappa shape index (κ2) is 10.9. The Morgan fingerprint density at radius 2 is 1.62 bits per heavy atom. The Labute approximate surface area is 190 Å². The van der Waals surface area contributed by atoms with Crippen molar-refractivity contribution >= 4 is 35.1 Å². The maximum Gasteiger partial charge on any atom is 0.343 e. The number of carbonyl (C=O) groups is 3. The van der Waals surface area contributed by atoms with Gasteiger partial charge < -0.3 is 10.1 Å². The fourth-order valence-electron chi connectivity index (χ4n) is 2.73. The number of para-hydroxylation sites is 1. The SMILES string of the molecule is CC(=NNC(=O)C(=O)NCc1ccccc1)c1ccccc1OC(=O)c1cccc(Cl)c1. The number of hydrogen-bond donors (Lipinski definition) is 2. The van der Waals surface area contributed by atoms with Crippen molar-refractivity contribution in [2.75, 3.05) is 0 Å². The van der Waals surface area contributed by atoms with Gasteiger partial charge in [-0.15, -0.1) is 0 Å². The third kappa shape index (κ3) is 6.26. The lowest BCUT2D eigenvalue weighted by Gasteiger charge is -2.10. The van der Waals surface area contributed by atoms with Crippen molar-refractivity contribution in [2.24, 2.45) is 5.10 Å². The van der Waals surface area contributed by atoms with Crippen LogP contribution >= 0.6 is 11.6 Å². The van der Waals surface area contributed by atoms with Gasteiger partial charge in [-0.25, -0.2) is 10.2 Å². The van der Waals surface area contributed by atoms with Crippen LogP contribution < -0.4 is 15.5 Å². The summed E-state index contributed by atoms with van der Waals surface area (Å²) in [6, 6.07) is 22.3. The van der Waals surface area contributed by atoms with Gasteiger partial charge in [0, 0.05) is 17.1 Å². The van der Waals surface area contributed by atoms with Gasteiger partial charge in [-0.1, -0.05) is 60.1 Å². The number of rotatable bonds is 6. The van der Waals surface area contributed by atoms with Crippen LogP contribution in [-0.4, -0.2) is 23.5 Å². The van der Waals surface area contributed by atoms with Gasteiger partial charge in [-0.05, 0) is 42.8 Å². The Kier molecular flexibility index (Phi) is 7.72. The van der Waals surface area contributed by atoms with E-state index in [1.807, 2.05) is 30.3 Å². The first-order valence-corrected chi connectivity index (χ1v) is 10.1. The van der Waals surface area contributed by atoms with E-state index in [0.29, 0.717) is 21.9 Å².